The largest absolute Gasteiger partial charge is 0.495 e. The highest BCUT2D eigenvalue weighted by atomic mass is 35.5. The molecular formula is C23H23ClF3N3O3. The van der Waals surface area contributed by atoms with Crippen LogP contribution in [0.1, 0.15) is 37.4 Å². The second-order valence-electron chi connectivity index (χ2n) is 8.95. The van der Waals surface area contributed by atoms with Gasteiger partial charge < -0.3 is 15.2 Å². The highest BCUT2D eigenvalue weighted by molar-refractivity contribution is 6.32. The van der Waals surface area contributed by atoms with E-state index in [1.807, 2.05) is 0 Å². The molecule has 2 N–H and O–H groups in total. The third-order valence-corrected chi connectivity index (χ3v) is 6.60. The molecule has 0 bridgehead atoms. The minimum Gasteiger partial charge on any atom is -0.495 e. The summed E-state index contributed by atoms with van der Waals surface area (Å²) in [7, 11) is 2.89. The van der Waals surface area contributed by atoms with Gasteiger partial charge in [0, 0.05) is 23.7 Å². The van der Waals surface area contributed by atoms with Gasteiger partial charge in [-0.15, -0.1) is 0 Å². The van der Waals surface area contributed by atoms with Crippen LogP contribution in [-0.2, 0) is 12.5 Å². The average molecular weight is 482 g/mol. The first-order chi connectivity index (χ1) is 15.3. The number of aromatic nitrogens is 2. The monoisotopic (exact) mass is 481 g/mol. The lowest BCUT2D eigenvalue weighted by Gasteiger charge is -2.49. The van der Waals surface area contributed by atoms with Crippen LogP contribution in [0.15, 0.2) is 41.3 Å². The van der Waals surface area contributed by atoms with Crippen molar-refractivity contribution in [1.82, 2.24) is 9.78 Å². The second-order valence-corrected chi connectivity index (χ2v) is 9.35. The molecule has 176 valence electrons. The van der Waals surface area contributed by atoms with Crippen molar-refractivity contribution in [2.45, 2.75) is 43.5 Å². The summed E-state index contributed by atoms with van der Waals surface area (Å²) in [5.74, 6) is 0.267. The molecule has 1 aliphatic rings. The normalized spacial score (nSPS) is 22.2. The number of aryl methyl sites for hydroxylation is 1. The summed E-state index contributed by atoms with van der Waals surface area (Å²) in [4.78, 5) is 12.5. The Balaban J connectivity index is 1.99. The van der Waals surface area contributed by atoms with Crippen molar-refractivity contribution in [1.29, 1.82) is 0 Å². The highest BCUT2D eigenvalue weighted by Crippen LogP contribution is 2.57. The number of anilines is 1. The minimum absolute atomic E-state index is 0.209. The first kappa shape index (κ1) is 23.4. The van der Waals surface area contributed by atoms with Gasteiger partial charge in [-0.3, -0.25) is 4.79 Å². The maximum atomic E-state index is 14.4. The minimum atomic E-state index is -4.95. The molecule has 1 aliphatic carbocycles. The summed E-state index contributed by atoms with van der Waals surface area (Å²) < 4.78 is 49.8. The lowest BCUT2D eigenvalue weighted by molar-refractivity contribution is -0.275. The number of nitrogens with one attached hydrogen (secondary N) is 1. The van der Waals surface area contributed by atoms with E-state index in [9.17, 15) is 23.1 Å². The number of aliphatic hydroxyl groups is 1. The summed E-state index contributed by atoms with van der Waals surface area (Å²) in [6, 6.07) is 6.01. The van der Waals surface area contributed by atoms with Gasteiger partial charge >= 0.3 is 6.18 Å². The molecule has 2 unspecified atom stereocenters. The van der Waals surface area contributed by atoms with E-state index in [2.05, 4.69) is 10.4 Å². The van der Waals surface area contributed by atoms with Gasteiger partial charge in [0.1, 0.15) is 5.75 Å². The Morgan fingerprint density at radius 2 is 1.94 bits per heavy atom. The van der Waals surface area contributed by atoms with Gasteiger partial charge in [0.15, 0.2) is 5.60 Å². The molecule has 10 heteroatoms. The summed E-state index contributed by atoms with van der Waals surface area (Å²) in [6.07, 6.45) is -4.18. The van der Waals surface area contributed by atoms with E-state index in [0.717, 1.165) is 4.68 Å². The predicted molar refractivity (Wildman–Crippen MR) is 120 cm³/mol. The first-order valence-corrected chi connectivity index (χ1v) is 10.6. The number of nitrogens with zero attached hydrogens (tertiary/aromatic N) is 2. The molecule has 1 heterocycles. The Hall–Kier alpha value is -2.78. The lowest BCUT2D eigenvalue weighted by Crippen LogP contribution is -2.58. The molecule has 2 aromatic carbocycles. The van der Waals surface area contributed by atoms with Gasteiger partial charge in [-0.1, -0.05) is 37.6 Å². The lowest BCUT2D eigenvalue weighted by atomic mass is 9.63. The SMILES string of the molecule is COc1c(Cl)ccc2c1C(C)(C)CC(O)(C(F)(F)F)C2Nc1cccc2c(=O)n(C)ncc12. The van der Waals surface area contributed by atoms with Gasteiger partial charge in [-0.2, -0.15) is 18.3 Å². The molecule has 0 radical (unpaired) electrons. The van der Waals surface area contributed by atoms with Crippen LogP contribution in [0, 0.1) is 0 Å². The van der Waals surface area contributed by atoms with Crippen molar-refractivity contribution in [3.05, 3.63) is 63.0 Å². The van der Waals surface area contributed by atoms with Crippen LogP contribution in [0.4, 0.5) is 18.9 Å². The van der Waals surface area contributed by atoms with Gasteiger partial charge in [0.25, 0.3) is 5.56 Å². The third-order valence-electron chi connectivity index (χ3n) is 6.30. The van der Waals surface area contributed by atoms with Crippen molar-refractivity contribution in [2.24, 2.45) is 7.05 Å². The van der Waals surface area contributed by atoms with Crippen molar-refractivity contribution < 1.29 is 23.0 Å². The zero-order chi connectivity index (χ0) is 24.3. The van der Waals surface area contributed by atoms with Gasteiger partial charge in [0.2, 0.25) is 0 Å². The van der Waals surface area contributed by atoms with Gasteiger partial charge in [-0.25, -0.2) is 4.68 Å². The predicted octanol–water partition coefficient (Wildman–Crippen LogP) is 4.72. The molecule has 0 fully saturated rings. The topological polar surface area (TPSA) is 76.4 Å². The van der Waals surface area contributed by atoms with Crippen molar-refractivity contribution >= 4 is 28.1 Å². The van der Waals surface area contributed by atoms with Gasteiger partial charge in [-0.05, 0) is 35.6 Å². The number of rotatable bonds is 3. The highest BCUT2D eigenvalue weighted by Gasteiger charge is 2.64. The van der Waals surface area contributed by atoms with Gasteiger partial charge in [0.05, 0.1) is 29.8 Å². The fourth-order valence-electron chi connectivity index (χ4n) is 4.84. The quantitative estimate of drug-likeness (QED) is 0.566. The zero-order valence-electron chi connectivity index (χ0n) is 18.4. The fraction of sp³-hybridized carbons (Fsp3) is 0.391. The maximum absolute atomic E-state index is 14.4. The van der Waals surface area contributed by atoms with Crippen LogP contribution in [0.2, 0.25) is 5.02 Å². The maximum Gasteiger partial charge on any atom is 0.419 e. The smallest absolute Gasteiger partial charge is 0.419 e. The summed E-state index contributed by atoms with van der Waals surface area (Å²) >= 11 is 6.29. The average Bonchev–Trinajstić information content (AvgIpc) is 2.72. The zero-order valence-corrected chi connectivity index (χ0v) is 19.2. The third kappa shape index (κ3) is 3.54. The number of methoxy groups -OCH3 is 1. The molecular weight excluding hydrogens is 459 g/mol. The molecule has 33 heavy (non-hydrogen) atoms. The van der Waals surface area contributed by atoms with E-state index < -0.39 is 29.7 Å². The van der Waals surface area contributed by atoms with Crippen LogP contribution < -0.4 is 15.6 Å². The number of benzene rings is 2. The molecule has 4 rings (SSSR count). The Morgan fingerprint density at radius 3 is 2.58 bits per heavy atom. The second kappa shape index (κ2) is 7.63. The number of fused-ring (bicyclic) bond motifs is 2. The van der Waals surface area contributed by atoms with E-state index in [1.54, 1.807) is 32.0 Å². The molecule has 2 atom stereocenters. The number of alkyl halides is 3. The molecule has 0 amide bonds. The number of ether oxygens (including phenoxy) is 1. The summed E-state index contributed by atoms with van der Waals surface area (Å²) in [5.41, 5.74) is -3.67. The molecule has 0 aliphatic heterocycles. The summed E-state index contributed by atoms with van der Waals surface area (Å²) in [6.45, 7) is 3.23. The molecule has 0 saturated heterocycles. The fourth-order valence-corrected chi connectivity index (χ4v) is 5.07. The van der Waals surface area contributed by atoms with Crippen molar-refractivity contribution in [3.8, 4) is 5.75 Å². The van der Waals surface area contributed by atoms with Crippen molar-refractivity contribution in [2.75, 3.05) is 12.4 Å². The Bertz CT molecular complexity index is 1310. The molecule has 3 aromatic rings. The van der Waals surface area contributed by atoms with E-state index in [0.29, 0.717) is 10.9 Å². The Morgan fingerprint density at radius 1 is 1.24 bits per heavy atom. The molecule has 1 aromatic heterocycles. The molecule has 0 spiro atoms. The Kier molecular flexibility index (Phi) is 5.41. The molecule has 6 nitrogen and oxygen atoms in total. The van der Waals surface area contributed by atoms with E-state index >= 15 is 0 Å². The Labute approximate surface area is 192 Å². The van der Waals surface area contributed by atoms with Crippen LogP contribution >= 0.6 is 11.6 Å². The van der Waals surface area contributed by atoms with E-state index in [1.165, 1.54) is 32.5 Å². The van der Waals surface area contributed by atoms with E-state index in [4.69, 9.17) is 16.3 Å². The number of hydrogen-bond donors (Lipinski definition) is 2. The van der Waals surface area contributed by atoms with E-state index in [-0.39, 0.29) is 33.0 Å². The van der Waals surface area contributed by atoms with Crippen molar-refractivity contribution in [3.63, 3.8) is 0 Å². The first-order valence-electron chi connectivity index (χ1n) is 10.2. The summed E-state index contributed by atoms with van der Waals surface area (Å²) in [5, 5.41) is 18.9. The standard InChI is InChI=1S/C23H23ClF3N3O3/c1-21(2)11-22(32,23(25,26)27)19(13-8-9-15(24)18(33-4)17(13)21)29-16-7-5-6-12-14(16)10-28-30(3)20(12)31/h5-10,19,29,32H,11H2,1-4H3. The van der Waals surface area contributed by atoms with Crippen LogP contribution in [0.25, 0.3) is 10.8 Å². The number of hydrogen-bond acceptors (Lipinski definition) is 5. The van der Waals surface area contributed by atoms with Crippen LogP contribution in [-0.4, -0.2) is 33.8 Å². The van der Waals surface area contributed by atoms with Crippen LogP contribution in [0.5, 0.6) is 5.75 Å². The van der Waals surface area contributed by atoms with Crippen LogP contribution in [0.3, 0.4) is 0 Å². The molecule has 0 saturated carbocycles. The number of halogens is 4.